The molecule has 0 aliphatic carbocycles. The van der Waals surface area contributed by atoms with E-state index in [2.05, 4.69) is 0 Å². The van der Waals surface area contributed by atoms with E-state index in [-0.39, 0.29) is 23.1 Å². The van der Waals surface area contributed by atoms with E-state index in [4.69, 9.17) is 9.15 Å². The monoisotopic (exact) mass is 358 g/mol. The van der Waals surface area contributed by atoms with Crippen LogP contribution in [0, 0.1) is 11.6 Å². The fraction of sp³-hybridized carbons (Fsp3) is 0.0526. The second-order valence-electron chi connectivity index (χ2n) is 5.28. The number of esters is 1. The Balaban J connectivity index is 1.80. The summed E-state index contributed by atoms with van der Waals surface area (Å²) >= 11 is 0. The van der Waals surface area contributed by atoms with Gasteiger partial charge in [0.1, 0.15) is 23.5 Å². The van der Waals surface area contributed by atoms with Gasteiger partial charge in [-0.15, -0.1) is 0 Å². The molecule has 26 heavy (non-hydrogen) atoms. The van der Waals surface area contributed by atoms with Gasteiger partial charge in [0.25, 0.3) is 0 Å². The lowest BCUT2D eigenvalue weighted by Gasteiger charge is -2.04. The van der Waals surface area contributed by atoms with Crippen LogP contribution in [0.2, 0.25) is 0 Å². The standard InChI is InChI=1S/C19H12F2O5/c20-14-9-13-16(10-15(14)21)26-19(24)12(17(13)22)7-4-8-25-18(23)11-5-2-1-3-6-11/h1-7,9-10,22H,8H2. The summed E-state index contributed by atoms with van der Waals surface area (Å²) in [6.07, 6.45) is 2.50. The molecule has 3 rings (SSSR count). The molecule has 0 aliphatic rings. The van der Waals surface area contributed by atoms with Crippen molar-refractivity contribution in [2.24, 2.45) is 0 Å². The molecule has 7 heteroatoms. The van der Waals surface area contributed by atoms with Gasteiger partial charge in [-0.2, -0.15) is 0 Å². The quantitative estimate of drug-likeness (QED) is 0.569. The summed E-state index contributed by atoms with van der Waals surface area (Å²) in [5, 5.41) is 9.98. The zero-order valence-electron chi connectivity index (χ0n) is 13.2. The van der Waals surface area contributed by atoms with E-state index in [1.807, 2.05) is 0 Å². The highest BCUT2D eigenvalue weighted by Gasteiger charge is 2.15. The Bertz CT molecular complexity index is 1050. The molecule has 3 aromatic rings. The Labute approximate surface area is 145 Å². The molecule has 132 valence electrons. The van der Waals surface area contributed by atoms with E-state index in [0.717, 1.165) is 6.07 Å². The van der Waals surface area contributed by atoms with Crippen LogP contribution in [-0.2, 0) is 4.74 Å². The number of fused-ring (bicyclic) bond motifs is 1. The number of hydrogen-bond acceptors (Lipinski definition) is 5. The predicted octanol–water partition coefficient (Wildman–Crippen LogP) is 3.65. The van der Waals surface area contributed by atoms with Gasteiger partial charge in [0, 0.05) is 6.07 Å². The van der Waals surface area contributed by atoms with Crippen molar-refractivity contribution >= 4 is 23.0 Å². The number of carbonyl (C=O) groups is 1. The number of benzene rings is 2. The van der Waals surface area contributed by atoms with Crippen LogP contribution in [0.1, 0.15) is 15.9 Å². The minimum absolute atomic E-state index is 0.149. The van der Waals surface area contributed by atoms with E-state index in [9.17, 15) is 23.5 Å². The zero-order valence-corrected chi connectivity index (χ0v) is 13.2. The molecule has 0 fully saturated rings. The van der Waals surface area contributed by atoms with Crippen molar-refractivity contribution < 1.29 is 27.8 Å². The zero-order chi connectivity index (χ0) is 18.7. The number of carbonyl (C=O) groups excluding carboxylic acids is 1. The van der Waals surface area contributed by atoms with Gasteiger partial charge in [-0.1, -0.05) is 18.2 Å². The average molecular weight is 358 g/mol. The van der Waals surface area contributed by atoms with Crippen molar-refractivity contribution in [3.05, 3.63) is 81.7 Å². The topological polar surface area (TPSA) is 76.7 Å². The van der Waals surface area contributed by atoms with E-state index in [1.54, 1.807) is 30.3 Å². The summed E-state index contributed by atoms with van der Waals surface area (Å²) in [6, 6.07) is 9.72. The van der Waals surface area contributed by atoms with Gasteiger partial charge in [-0.3, -0.25) is 0 Å². The average Bonchev–Trinajstić information content (AvgIpc) is 2.63. The normalized spacial score (nSPS) is 11.2. The number of aromatic hydroxyl groups is 1. The molecule has 0 amide bonds. The van der Waals surface area contributed by atoms with Gasteiger partial charge in [0.2, 0.25) is 0 Å². The van der Waals surface area contributed by atoms with Crippen molar-refractivity contribution in [3.8, 4) is 5.75 Å². The van der Waals surface area contributed by atoms with Crippen LogP contribution in [0.25, 0.3) is 17.0 Å². The lowest BCUT2D eigenvalue weighted by Crippen LogP contribution is -2.06. The lowest BCUT2D eigenvalue weighted by atomic mass is 10.1. The van der Waals surface area contributed by atoms with E-state index >= 15 is 0 Å². The Morgan fingerprint density at radius 3 is 2.58 bits per heavy atom. The maximum absolute atomic E-state index is 13.3. The maximum Gasteiger partial charge on any atom is 0.347 e. The molecule has 0 aliphatic heterocycles. The second-order valence-corrected chi connectivity index (χ2v) is 5.28. The van der Waals surface area contributed by atoms with Crippen LogP contribution in [0.5, 0.6) is 5.75 Å². The fourth-order valence-corrected chi connectivity index (χ4v) is 2.29. The summed E-state index contributed by atoms with van der Waals surface area (Å²) in [7, 11) is 0. The van der Waals surface area contributed by atoms with Crippen LogP contribution < -0.4 is 5.63 Å². The first-order valence-corrected chi connectivity index (χ1v) is 7.51. The maximum atomic E-state index is 13.3. The van der Waals surface area contributed by atoms with Crippen molar-refractivity contribution in [1.82, 2.24) is 0 Å². The fourth-order valence-electron chi connectivity index (χ4n) is 2.29. The summed E-state index contributed by atoms with van der Waals surface area (Å²) in [5.74, 6) is -3.49. The SMILES string of the molecule is O=C(OCC=Cc1c(O)c2cc(F)c(F)cc2oc1=O)c1ccccc1. The lowest BCUT2D eigenvalue weighted by molar-refractivity contribution is 0.0550. The van der Waals surface area contributed by atoms with Gasteiger partial charge < -0.3 is 14.3 Å². The van der Waals surface area contributed by atoms with Crippen LogP contribution in [-0.4, -0.2) is 17.7 Å². The summed E-state index contributed by atoms with van der Waals surface area (Å²) in [5.41, 5.74) is -1.11. The Morgan fingerprint density at radius 2 is 1.85 bits per heavy atom. The van der Waals surface area contributed by atoms with Gasteiger partial charge in [-0.25, -0.2) is 18.4 Å². The second kappa shape index (κ2) is 7.18. The number of halogens is 2. The summed E-state index contributed by atoms with van der Waals surface area (Å²) in [4.78, 5) is 23.7. The first-order valence-electron chi connectivity index (χ1n) is 7.51. The number of rotatable bonds is 4. The molecule has 0 saturated carbocycles. The van der Waals surface area contributed by atoms with E-state index in [0.29, 0.717) is 11.6 Å². The molecule has 1 aromatic heterocycles. The highest BCUT2D eigenvalue weighted by Crippen LogP contribution is 2.28. The third kappa shape index (κ3) is 3.46. The molecule has 1 heterocycles. The molecule has 0 radical (unpaired) electrons. The Hall–Kier alpha value is -3.48. The molecule has 0 unspecified atom stereocenters. The van der Waals surface area contributed by atoms with Gasteiger partial charge >= 0.3 is 11.6 Å². The third-order valence-corrected chi connectivity index (χ3v) is 3.56. The van der Waals surface area contributed by atoms with Gasteiger partial charge in [-0.05, 0) is 30.4 Å². The molecule has 5 nitrogen and oxygen atoms in total. The minimum atomic E-state index is -1.20. The van der Waals surface area contributed by atoms with Crippen molar-refractivity contribution in [2.45, 2.75) is 0 Å². The first-order chi connectivity index (χ1) is 12.5. The predicted molar refractivity (Wildman–Crippen MR) is 89.8 cm³/mol. The van der Waals surface area contributed by atoms with Crippen LogP contribution >= 0.6 is 0 Å². The summed E-state index contributed by atoms with van der Waals surface area (Å²) < 4.78 is 36.4. The molecule has 0 atom stereocenters. The smallest absolute Gasteiger partial charge is 0.347 e. The summed E-state index contributed by atoms with van der Waals surface area (Å²) in [6.45, 7) is -0.164. The van der Waals surface area contributed by atoms with E-state index < -0.39 is 29.0 Å². The molecule has 2 aromatic carbocycles. The molecular weight excluding hydrogens is 346 g/mol. The first kappa shape index (κ1) is 17.3. The van der Waals surface area contributed by atoms with Gasteiger partial charge in [0.15, 0.2) is 11.6 Å². The molecule has 0 saturated heterocycles. The highest BCUT2D eigenvalue weighted by molar-refractivity contribution is 5.89. The minimum Gasteiger partial charge on any atom is -0.506 e. The number of hydrogen-bond donors (Lipinski definition) is 1. The van der Waals surface area contributed by atoms with Gasteiger partial charge in [0.05, 0.1) is 10.9 Å². The molecule has 0 bridgehead atoms. The van der Waals surface area contributed by atoms with Crippen molar-refractivity contribution in [1.29, 1.82) is 0 Å². The third-order valence-electron chi connectivity index (χ3n) is 3.56. The Morgan fingerprint density at radius 1 is 1.15 bits per heavy atom. The van der Waals surface area contributed by atoms with Crippen LogP contribution in [0.15, 0.2) is 57.8 Å². The number of ether oxygens (including phenoxy) is 1. The van der Waals surface area contributed by atoms with Crippen molar-refractivity contribution in [2.75, 3.05) is 6.61 Å². The van der Waals surface area contributed by atoms with Crippen LogP contribution in [0.4, 0.5) is 8.78 Å². The molecular formula is C19H12F2O5. The molecule has 0 spiro atoms. The van der Waals surface area contributed by atoms with Crippen molar-refractivity contribution in [3.63, 3.8) is 0 Å². The van der Waals surface area contributed by atoms with E-state index in [1.165, 1.54) is 12.2 Å². The van der Waals surface area contributed by atoms with Crippen LogP contribution in [0.3, 0.4) is 0 Å². The molecule has 1 N–H and O–H groups in total. The highest BCUT2D eigenvalue weighted by atomic mass is 19.2. The largest absolute Gasteiger partial charge is 0.506 e. The Kier molecular flexibility index (Phi) is 4.79.